The molecular weight excluding hydrogens is 441 g/mol. The molecule has 4 nitrogen and oxygen atoms in total. The van der Waals surface area contributed by atoms with E-state index >= 15 is 0 Å². The average molecular weight is 470 g/mol. The SMILES string of the molecule is O=C(OCC1c2ccccc2-c2ccccc21)N1C2C=C(c3cc(CO)ccc3F)CC1CCC2. The van der Waals surface area contributed by atoms with Crippen LogP contribution in [0.2, 0.25) is 0 Å². The Kier molecular flexibility index (Phi) is 5.65. The maximum atomic E-state index is 14.6. The van der Waals surface area contributed by atoms with Crippen LogP contribution in [-0.2, 0) is 11.3 Å². The second-order valence-electron chi connectivity index (χ2n) is 9.73. The Morgan fingerprint density at radius 3 is 2.37 bits per heavy atom. The normalized spacial score (nSPS) is 20.7. The van der Waals surface area contributed by atoms with E-state index in [1.165, 1.54) is 28.3 Å². The molecule has 2 atom stereocenters. The van der Waals surface area contributed by atoms with Crippen LogP contribution >= 0.6 is 0 Å². The van der Waals surface area contributed by atoms with Gasteiger partial charge in [0.25, 0.3) is 0 Å². The lowest BCUT2D eigenvalue weighted by atomic mass is 9.82. The molecule has 1 fully saturated rings. The summed E-state index contributed by atoms with van der Waals surface area (Å²) in [6.07, 6.45) is 5.07. The summed E-state index contributed by atoms with van der Waals surface area (Å²) in [6.45, 7) is 0.172. The summed E-state index contributed by atoms with van der Waals surface area (Å²) >= 11 is 0. The molecule has 2 aliphatic heterocycles. The van der Waals surface area contributed by atoms with Crippen molar-refractivity contribution in [3.05, 3.63) is 101 Å². The van der Waals surface area contributed by atoms with Crippen LogP contribution in [0.4, 0.5) is 9.18 Å². The molecule has 0 saturated carbocycles. The zero-order chi connectivity index (χ0) is 23.9. The van der Waals surface area contributed by atoms with E-state index in [1.807, 2.05) is 35.2 Å². The molecule has 3 aliphatic rings. The second-order valence-corrected chi connectivity index (χ2v) is 9.73. The Bertz CT molecular complexity index is 1270. The zero-order valence-electron chi connectivity index (χ0n) is 19.5. The third kappa shape index (κ3) is 3.84. The van der Waals surface area contributed by atoms with Crippen LogP contribution in [0.3, 0.4) is 0 Å². The van der Waals surface area contributed by atoms with E-state index in [9.17, 15) is 14.3 Å². The van der Waals surface area contributed by atoms with E-state index in [1.54, 1.807) is 12.1 Å². The van der Waals surface area contributed by atoms with E-state index < -0.39 is 0 Å². The van der Waals surface area contributed by atoms with E-state index in [2.05, 4.69) is 24.3 Å². The first-order chi connectivity index (χ1) is 17.1. The highest BCUT2D eigenvalue weighted by atomic mass is 19.1. The van der Waals surface area contributed by atoms with Crippen molar-refractivity contribution in [3.8, 4) is 11.1 Å². The Morgan fingerprint density at radius 1 is 0.971 bits per heavy atom. The Hall–Kier alpha value is -3.44. The average Bonchev–Trinajstić information content (AvgIpc) is 3.20. The summed E-state index contributed by atoms with van der Waals surface area (Å²) in [5.74, 6) is -0.265. The summed E-state index contributed by atoms with van der Waals surface area (Å²) in [5, 5.41) is 9.49. The highest BCUT2D eigenvalue weighted by molar-refractivity contribution is 5.79. The van der Waals surface area contributed by atoms with E-state index in [0.717, 1.165) is 24.8 Å². The van der Waals surface area contributed by atoms with Crippen molar-refractivity contribution in [2.75, 3.05) is 6.61 Å². The first-order valence-electron chi connectivity index (χ1n) is 12.4. The maximum absolute atomic E-state index is 14.6. The first kappa shape index (κ1) is 22.1. The van der Waals surface area contributed by atoms with Crippen molar-refractivity contribution in [3.63, 3.8) is 0 Å². The number of halogens is 1. The third-order valence-corrected chi connectivity index (χ3v) is 7.74. The van der Waals surface area contributed by atoms with Gasteiger partial charge in [0.05, 0.1) is 12.6 Å². The highest BCUT2D eigenvalue weighted by Crippen LogP contribution is 2.45. The van der Waals surface area contributed by atoms with Gasteiger partial charge in [0.1, 0.15) is 12.4 Å². The Labute approximate surface area is 204 Å². The van der Waals surface area contributed by atoms with Crippen molar-refractivity contribution < 1.29 is 19.0 Å². The van der Waals surface area contributed by atoms with E-state index in [4.69, 9.17) is 4.74 Å². The second kappa shape index (κ2) is 8.97. The summed E-state index contributed by atoms with van der Waals surface area (Å²) in [5.41, 5.74) is 6.93. The number of rotatable bonds is 4. The van der Waals surface area contributed by atoms with E-state index in [-0.39, 0.29) is 36.5 Å². The number of piperidine rings is 1. The van der Waals surface area contributed by atoms with Crippen LogP contribution in [0, 0.1) is 5.82 Å². The van der Waals surface area contributed by atoms with Gasteiger partial charge in [-0.25, -0.2) is 9.18 Å². The summed E-state index contributed by atoms with van der Waals surface area (Å²) in [6, 6.07) is 21.3. The van der Waals surface area contributed by atoms with Gasteiger partial charge >= 0.3 is 6.09 Å². The number of ether oxygens (including phenoxy) is 1. The maximum Gasteiger partial charge on any atom is 0.410 e. The van der Waals surface area contributed by atoms with Crippen molar-refractivity contribution in [2.45, 2.75) is 50.3 Å². The molecule has 2 heterocycles. The van der Waals surface area contributed by atoms with Gasteiger partial charge in [-0.15, -0.1) is 0 Å². The fourth-order valence-corrected chi connectivity index (χ4v) is 6.10. The number of carbonyl (C=O) groups is 1. The van der Waals surface area contributed by atoms with Gasteiger partial charge in [-0.05, 0) is 71.2 Å². The van der Waals surface area contributed by atoms with Crippen LogP contribution in [0.15, 0.2) is 72.8 Å². The lowest BCUT2D eigenvalue weighted by molar-refractivity contribution is 0.0538. The largest absolute Gasteiger partial charge is 0.448 e. The predicted octanol–water partition coefficient (Wildman–Crippen LogP) is 6.28. The number of hydrogen-bond donors (Lipinski definition) is 1. The molecule has 3 aromatic carbocycles. The van der Waals surface area contributed by atoms with Crippen molar-refractivity contribution in [1.82, 2.24) is 4.90 Å². The molecule has 178 valence electrons. The lowest BCUT2D eigenvalue weighted by Crippen LogP contribution is -2.52. The number of aliphatic hydroxyl groups is 1. The molecular formula is C30H28FNO3. The van der Waals surface area contributed by atoms with Crippen LogP contribution in [0.25, 0.3) is 16.7 Å². The topological polar surface area (TPSA) is 49.8 Å². The van der Waals surface area contributed by atoms with Gasteiger partial charge in [-0.2, -0.15) is 0 Å². The third-order valence-electron chi connectivity index (χ3n) is 7.74. The molecule has 2 unspecified atom stereocenters. The molecule has 1 aliphatic carbocycles. The van der Waals surface area contributed by atoms with Crippen LogP contribution < -0.4 is 0 Å². The molecule has 35 heavy (non-hydrogen) atoms. The number of aliphatic hydroxyl groups excluding tert-OH is 1. The molecule has 2 bridgehead atoms. The zero-order valence-corrected chi connectivity index (χ0v) is 19.5. The number of benzene rings is 3. The minimum atomic E-state index is -0.291. The Morgan fingerprint density at radius 2 is 1.69 bits per heavy atom. The molecule has 0 radical (unpaired) electrons. The molecule has 5 heteroatoms. The summed E-state index contributed by atoms with van der Waals surface area (Å²) in [4.78, 5) is 15.2. The highest BCUT2D eigenvalue weighted by Gasteiger charge is 2.39. The minimum absolute atomic E-state index is 0.0124. The first-order valence-corrected chi connectivity index (χ1v) is 12.4. The molecule has 1 N–H and O–H groups in total. The lowest BCUT2D eigenvalue weighted by Gasteiger charge is -2.44. The van der Waals surface area contributed by atoms with Crippen LogP contribution in [0.1, 0.15) is 53.9 Å². The van der Waals surface area contributed by atoms with Gasteiger partial charge in [0, 0.05) is 17.5 Å². The molecule has 3 aromatic rings. The van der Waals surface area contributed by atoms with Crippen LogP contribution in [0.5, 0.6) is 0 Å². The number of fused-ring (bicyclic) bond motifs is 5. The van der Waals surface area contributed by atoms with E-state index in [0.29, 0.717) is 24.2 Å². The minimum Gasteiger partial charge on any atom is -0.448 e. The number of nitrogens with zero attached hydrogens (tertiary/aromatic N) is 1. The number of amides is 1. The van der Waals surface area contributed by atoms with Gasteiger partial charge < -0.3 is 9.84 Å². The predicted molar refractivity (Wildman–Crippen MR) is 133 cm³/mol. The quantitative estimate of drug-likeness (QED) is 0.489. The fourth-order valence-electron chi connectivity index (χ4n) is 6.10. The van der Waals surface area contributed by atoms with Gasteiger partial charge in [-0.1, -0.05) is 60.7 Å². The summed E-state index contributed by atoms with van der Waals surface area (Å²) in [7, 11) is 0. The van der Waals surface area contributed by atoms with Crippen molar-refractivity contribution >= 4 is 11.7 Å². The fraction of sp³-hybridized carbons (Fsp3) is 0.300. The smallest absolute Gasteiger partial charge is 0.410 e. The summed E-state index contributed by atoms with van der Waals surface area (Å²) < 4.78 is 20.6. The van der Waals surface area contributed by atoms with Gasteiger partial charge in [0.2, 0.25) is 0 Å². The monoisotopic (exact) mass is 469 g/mol. The van der Waals surface area contributed by atoms with Gasteiger partial charge in [-0.3, -0.25) is 4.90 Å². The molecule has 1 saturated heterocycles. The van der Waals surface area contributed by atoms with Gasteiger partial charge in [0.15, 0.2) is 0 Å². The number of carbonyl (C=O) groups excluding carboxylic acids is 1. The molecule has 0 spiro atoms. The van der Waals surface area contributed by atoms with Crippen molar-refractivity contribution in [2.24, 2.45) is 0 Å². The van der Waals surface area contributed by atoms with Crippen LogP contribution in [-0.4, -0.2) is 34.8 Å². The van der Waals surface area contributed by atoms with Crippen molar-refractivity contribution in [1.29, 1.82) is 0 Å². The Balaban J connectivity index is 1.23. The molecule has 0 aromatic heterocycles. The number of hydrogen-bond acceptors (Lipinski definition) is 3. The standard InChI is InChI=1S/C30H28FNO3/c31-29-13-12-19(17-33)14-27(29)20-15-21-6-5-7-22(16-20)32(21)30(34)35-18-28-25-10-3-1-8-23(25)24-9-2-4-11-26(24)28/h1-4,8-15,21-22,28,33H,5-7,16-18H2. The molecule has 6 rings (SSSR count). The molecule has 1 amide bonds.